The monoisotopic (exact) mass is 243 g/mol. The maximum atomic E-state index is 11.3. The number of thiophene rings is 1. The Morgan fingerprint density at radius 1 is 1.18 bits per heavy atom. The zero-order valence-corrected chi connectivity index (χ0v) is 9.65. The van der Waals surface area contributed by atoms with Crippen LogP contribution in [0.15, 0.2) is 47.8 Å². The highest BCUT2D eigenvalue weighted by Crippen LogP contribution is 2.26. The number of carbonyl (C=O) groups is 1. The van der Waals surface area contributed by atoms with Crippen LogP contribution < -0.4 is 0 Å². The summed E-state index contributed by atoms with van der Waals surface area (Å²) < 4.78 is 1.78. The lowest BCUT2D eigenvalue weighted by Crippen LogP contribution is -2.04. The number of aromatic nitrogens is 1. The van der Waals surface area contributed by atoms with Crippen LogP contribution in [0.5, 0.6) is 0 Å². The molecule has 0 saturated heterocycles. The van der Waals surface area contributed by atoms with E-state index < -0.39 is 5.97 Å². The van der Waals surface area contributed by atoms with Crippen molar-refractivity contribution in [2.45, 2.75) is 0 Å². The number of hydrogen-bond acceptors (Lipinski definition) is 2. The molecule has 17 heavy (non-hydrogen) atoms. The molecule has 0 fully saturated rings. The Balaban J connectivity index is 2.40. The lowest BCUT2D eigenvalue weighted by atomic mass is 10.2. The highest BCUT2D eigenvalue weighted by Gasteiger charge is 2.15. The number of aromatic carboxylic acids is 1. The molecule has 0 unspecified atom stereocenters. The van der Waals surface area contributed by atoms with Gasteiger partial charge in [0.2, 0.25) is 0 Å². The third-order valence-corrected chi connectivity index (χ3v) is 3.51. The van der Waals surface area contributed by atoms with Crippen LogP contribution in [0.3, 0.4) is 0 Å². The van der Waals surface area contributed by atoms with Crippen molar-refractivity contribution in [3.8, 4) is 5.00 Å². The van der Waals surface area contributed by atoms with Gasteiger partial charge in [0.25, 0.3) is 0 Å². The van der Waals surface area contributed by atoms with Crippen LogP contribution in [-0.2, 0) is 0 Å². The average molecular weight is 243 g/mol. The summed E-state index contributed by atoms with van der Waals surface area (Å²) in [7, 11) is 0. The van der Waals surface area contributed by atoms with E-state index in [4.69, 9.17) is 0 Å². The normalized spacial score (nSPS) is 10.8. The fourth-order valence-electron chi connectivity index (χ4n) is 1.95. The smallest absolute Gasteiger partial charge is 0.352 e. The zero-order chi connectivity index (χ0) is 11.8. The van der Waals surface area contributed by atoms with Crippen molar-refractivity contribution in [1.29, 1.82) is 0 Å². The van der Waals surface area contributed by atoms with E-state index in [2.05, 4.69) is 0 Å². The van der Waals surface area contributed by atoms with Crippen LogP contribution in [0.1, 0.15) is 10.5 Å². The second-order valence-corrected chi connectivity index (χ2v) is 4.61. The molecule has 0 spiro atoms. The SMILES string of the molecule is O=C(O)c1cc2ccccc2n1-c1cccs1. The van der Waals surface area contributed by atoms with Crippen LogP contribution in [-0.4, -0.2) is 15.6 Å². The molecule has 0 saturated carbocycles. The largest absolute Gasteiger partial charge is 0.477 e. The number of hydrogen-bond donors (Lipinski definition) is 1. The molecule has 1 N–H and O–H groups in total. The summed E-state index contributed by atoms with van der Waals surface area (Å²) in [5, 5.41) is 13.1. The van der Waals surface area contributed by atoms with E-state index in [9.17, 15) is 9.90 Å². The standard InChI is InChI=1S/C13H9NO2S/c15-13(16)11-8-9-4-1-2-5-10(9)14(11)12-6-3-7-17-12/h1-8H,(H,15,16). The second kappa shape index (κ2) is 3.75. The lowest BCUT2D eigenvalue weighted by molar-refractivity contribution is 0.0689. The number of nitrogens with zero attached hydrogens (tertiary/aromatic N) is 1. The van der Waals surface area contributed by atoms with Gasteiger partial charge in [-0.05, 0) is 29.6 Å². The Morgan fingerprint density at radius 3 is 2.71 bits per heavy atom. The Hall–Kier alpha value is -2.07. The molecule has 0 aliphatic rings. The maximum Gasteiger partial charge on any atom is 0.352 e. The van der Waals surface area contributed by atoms with Crippen LogP contribution in [0.2, 0.25) is 0 Å². The van der Waals surface area contributed by atoms with E-state index in [1.54, 1.807) is 10.6 Å². The first-order valence-corrected chi connectivity index (χ1v) is 6.03. The molecule has 0 radical (unpaired) electrons. The second-order valence-electron chi connectivity index (χ2n) is 3.68. The summed E-state index contributed by atoms with van der Waals surface area (Å²) in [4.78, 5) is 11.3. The number of para-hydroxylation sites is 1. The first-order valence-electron chi connectivity index (χ1n) is 5.15. The average Bonchev–Trinajstić information content (AvgIpc) is 2.94. The van der Waals surface area contributed by atoms with Crippen molar-refractivity contribution in [3.05, 3.63) is 53.5 Å². The quantitative estimate of drug-likeness (QED) is 0.749. The number of carboxylic acid groups (broad SMARTS) is 1. The molecule has 0 atom stereocenters. The minimum Gasteiger partial charge on any atom is -0.477 e. The predicted octanol–water partition coefficient (Wildman–Crippen LogP) is 3.39. The van der Waals surface area contributed by atoms with Crippen LogP contribution >= 0.6 is 11.3 Å². The summed E-state index contributed by atoms with van der Waals surface area (Å²) in [5.41, 5.74) is 1.22. The first-order chi connectivity index (χ1) is 8.27. The predicted molar refractivity (Wildman–Crippen MR) is 68.1 cm³/mol. The molecular weight excluding hydrogens is 234 g/mol. The summed E-state index contributed by atoms with van der Waals surface area (Å²) in [6.45, 7) is 0. The zero-order valence-electron chi connectivity index (χ0n) is 8.83. The summed E-state index contributed by atoms with van der Waals surface area (Å²) >= 11 is 1.53. The Kier molecular flexibility index (Phi) is 2.23. The molecule has 0 bridgehead atoms. The minimum absolute atomic E-state index is 0.300. The van der Waals surface area contributed by atoms with Crippen molar-refractivity contribution in [2.75, 3.05) is 0 Å². The van der Waals surface area contributed by atoms with Gasteiger partial charge in [0, 0.05) is 5.39 Å². The molecule has 84 valence electrons. The number of carboxylic acids is 1. The topological polar surface area (TPSA) is 42.2 Å². The summed E-state index contributed by atoms with van der Waals surface area (Å²) in [5.74, 6) is -0.908. The fourth-order valence-corrected chi connectivity index (χ4v) is 2.70. The van der Waals surface area contributed by atoms with Gasteiger partial charge in [-0.25, -0.2) is 4.79 Å². The molecule has 4 heteroatoms. The van der Waals surface area contributed by atoms with Gasteiger partial charge in [-0.1, -0.05) is 18.2 Å². The molecule has 2 aromatic heterocycles. The van der Waals surface area contributed by atoms with E-state index >= 15 is 0 Å². The van der Waals surface area contributed by atoms with Crippen molar-refractivity contribution in [3.63, 3.8) is 0 Å². The van der Waals surface area contributed by atoms with E-state index in [1.807, 2.05) is 41.8 Å². The molecule has 1 aromatic carbocycles. The van der Waals surface area contributed by atoms with Gasteiger partial charge < -0.3 is 5.11 Å². The third kappa shape index (κ3) is 1.54. The van der Waals surface area contributed by atoms with Crippen molar-refractivity contribution >= 4 is 28.2 Å². The van der Waals surface area contributed by atoms with Crippen molar-refractivity contribution in [1.82, 2.24) is 4.57 Å². The lowest BCUT2D eigenvalue weighted by Gasteiger charge is -2.04. The van der Waals surface area contributed by atoms with Gasteiger partial charge in [0.05, 0.1) is 5.52 Å². The summed E-state index contributed by atoms with van der Waals surface area (Å²) in [6.07, 6.45) is 0. The molecule has 3 nitrogen and oxygen atoms in total. The van der Waals surface area contributed by atoms with E-state index in [1.165, 1.54) is 11.3 Å². The molecule has 0 aliphatic carbocycles. The maximum absolute atomic E-state index is 11.3. The van der Waals surface area contributed by atoms with Crippen molar-refractivity contribution < 1.29 is 9.90 Å². The van der Waals surface area contributed by atoms with Crippen LogP contribution in [0.25, 0.3) is 15.9 Å². The molecular formula is C13H9NO2S. The van der Waals surface area contributed by atoms with Crippen molar-refractivity contribution in [2.24, 2.45) is 0 Å². The van der Waals surface area contributed by atoms with Gasteiger partial charge in [-0.3, -0.25) is 4.57 Å². The number of rotatable bonds is 2. The van der Waals surface area contributed by atoms with Crippen LogP contribution in [0, 0.1) is 0 Å². The highest BCUT2D eigenvalue weighted by molar-refractivity contribution is 7.12. The third-order valence-electron chi connectivity index (χ3n) is 2.66. The van der Waals surface area contributed by atoms with Gasteiger partial charge in [0.1, 0.15) is 10.7 Å². The summed E-state index contributed by atoms with van der Waals surface area (Å²) in [6, 6.07) is 13.2. The van der Waals surface area contributed by atoms with Crippen LogP contribution in [0.4, 0.5) is 0 Å². The highest BCUT2D eigenvalue weighted by atomic mass is 32.1. The Labute approximate surface area is 102 Å². The van der Waals surface area contributed by atoms with Gasteiger partial charge in [-0.2, -0.15) is 0 Å². The molecule has 2 heterocycles. The minimum atomic E-state index is -0.908. The van der Waals surface area contributed by atoms with Gasteiger partial charge in [0.15, 0.2) is 0 Å². The van der Waals surface area contributed by atoms with Gasteiger partial charge >= 0.3 is 5.97 Å². The molecule has 0 aliphatic heterocycles. The fraction of sp³-hybridized carbons (Fsp3) is 0. The van der Waals surface area contributed by atoms with E-state index in [-0.39, 0.29) is 0 Å². The Bertz CT molecular complexity index is 683. The number of fused-ring (bicyclic) bond motifs is 1. The first kappa shape index (κ1) is 10.1. The van der Waals surface area contributed by atoms with E-state index in [0.717, 1.165) is 15.9 Å². The number of benzene rings is 1. The molecule has 3 rings (SSSR count). The van der Waals surface area contributed by atoms with E-state index in [0.29, 0.717) is 5.69 Å². The van der Waals surface area contributed by atoms with Gasteiger partial charge in [-0.15, -0.1) is 11.3 Å². The molecule has 3 aromatic rings. The molecule has 0 amide bonds. The Morgan fingerprint density at radius 2 is 2.00 bits per heavy atom.